The van der Waals surface area contributed by atoms with E-state index in [0.717, 1.165) is 12.7 Å². The fourth-order valence-corrected chi connectivity index (χ4v) is 2.80. The standard InChI is InChI=1S/C16H24O3/c1-15(2,3)19-14(18)16(8-4-5-9-16)13(11-17)10-12-6-7-12/h4-5,11-13H,6-10H2,1-3H3. The zero-order valence-electron chi connectivity index (χ0n) is 12.1. The fourth-order valence-electron chi connectivity index (χ4n) is 2.80. The Balaban J connectivity index is 2.15. The van der Waals surface area contributed by atoms with Crippen molar-refractivity contribution in [1.82, 2.24) is 0 Å². The summed E-state index contributed by atoms with van der Waals surface area (Å²) in [7, 11) is 0. The lowest BCUT2D eigenvalue weighted by atomic mass is 9.71. The minimum Gasteiger partial charge on any atom is -0.460 e. The lowest BCUT2D eigenvalue weighted by Gasteiger charge is -2.35. The summed E-state index contributed by atoms with van der Waals surface area (Å²) in [6, 6.07) is 0. The van der Waals surface area contributed by atoms with Gasteiger partial charge in [-0.05, 0) is 46.0 Å². The molecule has 0 aromatic carbocycles. The number of aldehydes is 1. The highest BCUT2D eigenvalue weighted by molar-refractivity contribution is 5.82. The predicted octanol–water partition coefficient (Wildman–Crippen LogP) is 3.28. The SMILES string of the molecule is CC(C)(C)OC(=O)C1(C(C=O)CC2CC2)CC=CC1. The summed E-state index contributed by atoms with van der Waals surface area (Å²) in [5.41, 5.74) is -1.14. The maximum Gasteiger partial charge on any atom is 0.313 e. The normalized spacial score (nSPS) is 23.1. The summed E-state index contributed by atoms with van der Waals surface area (Å²) in [6.07, 6.45) is 9.50. The smallest absolute Gasteiger partial charge is 0.313 e. The van der Waals surface area contributed by atoms with Crippen molar-refractivity contribution in [3.8, 4) is 0 Å². The zero-order valence-corrected chi connectivity index (χ0v) is 12.1. The summed E-state index contributed by atoms with van der Waals surface area (Å²) in [5.74, 6) is 0.225. The first-order valence-electron chi connectivity index (χ1n) is 7.21. The van der Waals surface area contributed by atoms with E-state index in [0.29, 0.717) is 18.8 Å². The van der Waals surface area contributed by atoms with Crippen LogP contribution in [0.5, 0.6) is 0 Å². The van der Waals surface area contributed by atoms with E-state index < -0.39 is 11.0 Å². The maximum absolute atomic E-state index is 12.6. The molecule has 0 aromatic heterocycles. The lowest BCUT2D eigenvalue weighted by Crippen LogP contribution is -2.42. The molecule has 0 aromatic rings. The van der Waals surface area contributed by atoms with Gasteiger partial charge in [0.25, 0.3) is 0 Å². The highest BCUT2D eigenvalue weighted by Crippen LogP contribution is 2.47. The van der Waals surface area contributed by atoms with Crippen molar-refractivity contribution in [1.29, 1.82) is 0 Å². The van der Waals surface area contributed by atoms with E-state index in [1.165, 1.54) is 12.8 Å². The van der Waals surface area contributed by atoms with E-state index in [-0.39, 0.29) is 11.9 Å². The van der Waals surface area contributed by atoms with Crippen LogP contribution in [0.3, 0.4) is 0 Å². The van der Waals surface area contributed by atoms with E-state index in [1.807, 2.05) is 32.9 Å². The maximum atomic E-state index is 12.6. The highest BCUT2D eigenvalue weighted by atomic mass is 16.6. The summed E-state index contributed by atoms with van der Waals surface area (Å²) >= 11 is 0. The second-order valence-electron chi connectivity index (χ2n) is 6.96. The molecule has 0 saturated heterocycles. The molecule has 0 aliphatic heterocycles. The van der Waals surface area contributed by atoms with Gasteiger partial charge in [-0.1, -0.05) is 25.0 Å². The Morgan fingerprint density at radius 1 is 1.37 bits per heavy atom. The van der Waals surface area contributed by atoms with Gasteiger partial charge >= 0.3 is 5.97 Å². The van der Waals surface area contributed by atoms with E-state index in [2.05, 4.69) is 0 Å². The largest absolute Gasteiger partial charge is 0.460 e. The Morgan fingerprint density at radius 3 is 2.37 bits per heavy atom. The highest BCUT2D eigenvalue weighted by Gasteiger charge is 2.49. The average molecular weight is 264 g/mol. The van der Waals surface area contributed by atoms with Crippen molar-refractivity contribution in [2.24, 2.45) is 17.3 Å². The predicted molar refractivity (Wildman–Crippen MR) is 73.5 cm³/mol. The number of hydrogen-bond acceptors (Lipinski definition) is 3. The van der Waals surface area contributed by atoms with E-state index in [4.69, 9.17) is 4.74 Å². The van der Waals surface area contributed by atoms with Crippen molar-refractivity contribution in [3.05, 3.63) is 12.2 Å². The summed E-state index contributed by atoms with van der Waals surface area (Å²) in [5, 5.41) is 0. The molecule has 1 saturated carbocycles. The molecule has 19 heavy (non-hydrogen) atoms. The first kappa shape index (κ1) is 14.3. The lowest BCUT2D eigenvalue weighted by molar-refractivity contribution is -0.171. The van der Waals surface area contributed by atoms with Gasteiger partial charge in [0.2, 0.25) is 0 Å². The van der Waals surface area contributed by atoms with Gasteiger partial charge in [0.1, 0.15) is 11.9 Å². The van der Waals surface area contributed by atoms with Crippen LogP contribution in [0.15, 0.2) is 12.2 Å². The molecule has 0 bridgehead atoms. The molecule has 0 spiro atoms. The molecule has 2 aliphatic rings. The number of ether oxygens (including phenoxy) is 1. The van der Waals surface area contributed by atoms with Gasteiger partial charge in [-0.2, -0.15) is 0 Å². The zero-order chi connectivity index (χ0) is 14.1. The molecule has 0 radical (unpaired) electrons. The van der Waals surface area contributed by atoms with Crippen LogP contribution in [-0.2, 0) is 14.3 Å². The minimum atomic E-state index is -0.641. The number of carbonyl (C=O) groups excluding carboxylic acids is 2. The summed E-state index contributed by atoms with van der Waals surface area (Å²) in [6.45, 7) is 5.62. The Labute approximate surface area is 115 Å². The number of rotatable bonds is 5. The van der Waals surface area contributed by atoms with Crippen molar-refractivity contribution in [2.45, 2.75) is 58.5 Å². The number of hydrogen-bond donors (Lipinski definition) is 0. The van der Waals surface area contributed by atoms with Gasteiger partial charge in [-0.25, -0.2) is 0 Å². The van der Waals surface area contributed by atoms with Crippen molar-refractivity contribution in [2.75, 3.05) is 0 Å². The fraction of sp³-hybridized carbons (Fsp3) is 0.750. The molecule has 0 heterocycles. The van der Waals surface area contributed by atoms with Crippen molar-refractivity contribution < 1.29 is 14.3 Å². The molecule has 0 N–H and O–H groups in total. The summed E-state index contributed by atoms with van der Waals surface area (Å²) < 4.78 is 5.57. The Kier molecular flexibility index (Phi) is 3.84. The topological polar surface area (TPSA) is 43.4 Å². The van der Waals surface area contributed by atoms with Crippen LogP contribution in [0.2, 0.25) is 0 Å². The van der Waals surface area contributed by atoms with Gasteiger partial charge in [0, 0.05) is 5.92 Å². The second-order valence-corrected chi connectivity index (χ2v) is 6.96. The third-order valence-corrected chi connectivity index (χ3v) is 4.09. The molecule has 3 heteroatoms. The molecule has 0 amide bonds. The van der Waals surface area contributed by atoms with Gasteiger partial charge < -0.3 is 9.53 Å². The molecular formula is C16H24O3. The van der Waals surface area contributed by atoms with Crippen LogP contribution in [0.4, 0.5) is 0 Å². The first-order valence-corrected chi connectivity index (χ1v) is 7.21. The third-order valence-electron chi connectivity index (χ3n) is 4.09. The van der Waals surface area contributed by atoms with Gasteiger partial charge in [-0.15, -0.1) is 0 Å². The van der Waals surface area contributed by atoms with E-state index in [1.54, 1.807) is 0 Å². The van der Waals surface area contributed by atoms with E-state index in [9.17, 15) is 9.59 Å². The van der Waals surface area contributed by atoms with Crippen molar-refractivity contribution >= 4 is 12.3 Å². The Hall–Kier alpha value is -1.12. The molecule has 1 unspecified atom stereocenters. The van der Waals surface area contributed by atoms with Gasteiger partial charge in [-0.3, -0.25) is 4.79 Å². The first-order chi connectivity index (χ1) is 8.87. The van der Waals surface area contributed by atoms with Crippen LogP contribution < -0.4 is 0 Å². The third kappa shape index (κ3) is 3.26. The van der Waals surface area contributed by atoms with Crippen LogP contribution in [-0.4, -0.2) is 17.9 Å². The van der Waals surface area contributed by atoms with Gasteiger partial charge in [0.15, 0.2) is 0 Å². The molecule has 1 atom stereocenters. The second kappa shape index (κ2) is 5.10. The monoisotopic (exact) mass is 264 g/mol. The van der Waals surface area contributed by atoms with E-state index >= 15 is 0 Å². The molecular weight excluding hydrogens is 240 g/mol. The summed E-state index contributed by atoms with van der Waals surface area (Å²) in [4.78, 5) is 24.1. The molecule has 2 aliphatic carbocycles. The molecule has 2 rings (SSSR count). The Morgan fingerprint density at radius 2 is 1.95 bits per heavy atom. The van der Waals surface area contributed by atoms with Gasteiger partial charge in [0.05, 0.1) is 5.41 Å². The van der Waals surface area contributed by atoms with Crippen LogP contribution >= 0.6 is 0 Å². The molecule has 1 fully saturated rings. The molecule has 106 valence electrons. The van der Waals surface area contributed by atoms with Crippen LogP contribution in [0.1, 0.15) is 52.9 Å². The quantitative estimate of drug-likeness (QED) is 0.435. The number of allylic oxidation sites excluding steroid dienone is 2. The number of esters is 1. The van der Waals surface area contributed by atoms with Crippen LogP contribution in [0.25, 0.3) is 0 Å². The van der Waals surface area contributed by atoms with Crippen molar-refractivity contribution in [3.63, 3.8) is 0 Å². The van der Waals surface area contributed by atoms with Crippen LogP contribution in [0, 0.1) is 17.3 Å². The Bertz CT molecular complexity index is 377. The average Bonchev–Trinajstić information content (AvgIpc) is 2.98. The molecule has 3 nitrogen and oxygen atoms in total. The minimum absolute atomic E-state index is 0.204. The number of carbonyl (C=O) groups is 2.